The molecule has 0 saturated heterocycles. The number of carbonyl (C=O) groups excluding carboxylic acids is 1. The molecule has 22 heavy (non-hydrogen) atoms. The summed E-state index contributed by atoms with van der Waals surface area (Å²) in [5.41, 5.74) is 5.25. The molecule has 1 amide bonds. The van der Waals surface area contributed by atoms with E-state index in [1.165, 1.54) is 19.2 Å². The second-order valence-corrected chi connectivity index (χ2v) is 8.10. The van der Waals surface area contributed by atoms with Crippen molar-refractivity contribution >= 4 is 15.7 Å². The van der Waals surface area contributed by atoms with Crippen LogP contribution in [-0.2, 0) is 14.6 Å². The number of rotatable bonds is 7. The summed E-state index contributed by atoms with van der Waals surface area (Å²) in [5.74, 6) is -0.657. The average molecular weight is 328 g/mol. The van der Waals surface area contributed by atoms with Gasteiger partial charge in [-0.1, -0.05) is 6.92 Å². The van der Waals surface area contributed by atoms with Crippen molar-refractivity contribution in [1.82, 2.24) is 5.32 Å². The second-order valence-electron chi connectivity index (χ2n) is 6.06. The highest BCUT2D eigenvalue weighted by atomic mass is 32.2. The molecule has 0 aliphatic heterocycles. The first-order valence-electron chi connectivity index (χ1n) is 6.98. The Hall–Kier alpha value is -1.60. The van der Waals surface area contributed by atoms with E-state index >= 15 is 0 Å². The number of sulfone groups is 1. The third kappa shape index (κ3) is 5.65. The van der Waals surface area contributed by atoms with Gasteiger partial charge >= 0.3 is 0 Å². The Morgan fingerprint density at radius 3 is 2.32 bits per heavy atom. The van der Waals surface area contributed by atoms with E-state index in [1.54, 1.807) is 32.9 Å². The third-order valence-electron chi connectivity index (χ3n) is 3.05. The van der Waals surface area contributed by atoms with Crippen LogP contribution in [-0.4, -0.2) is 39.3 Å². The number of hydrogen-bond donors (Lipinski definition) is 2. The largest absolute Gasteiger partial charge is 0.497 e. The van der Waals surface area contributed by atoms with Crippen molar-refractivity contribution in [3.05, 3.63) is 24.3 Å². The van der Waals surface area contributed by atoms with Gasteiger partial charge in [0.1, 0.15) is 5.75 Å². The normalized spacial score (nSPS) is 13.5. The standard InChI is InChI=1S/C15H24N2O4S/c1-11(14(18)17-10-15(2,3)16)9-22(19,20)13-7-5-12(21-4)6-8-13/h5-8,11H,9-10,16H2,1-4H3,(H,17,18). The minimum absolute atomic E-state index is 0.173. The molecule has 1 aromatic rings. The number of carbonyl (C=O) groups is 1. The van der Waals surface area contributed by atoms with Gasteiger partial charge in [-0.25, -0.2) is 8.42 Å². The van der Waals surface area contributed by atoms with Crippen LogP contribution < -0.4 is 15.8 Å². The van der Waals surface area contributed by atoms with Crippen molar-refractivity contribution in [3.63, 3.8) is 0 Å². The lowest BCUT2D eigenvalue weighted by atomic mass is 10.1. The molecule has 7 heteroatoms. The monoisotopic (exact) mass is 328 g/mol. The SMILES string of the molecule is COc1ccc(S(=O)(=O)CC(C)C(=O)NCC(C)(C)N)cc1. The summed E-state index contributed by atoms with van der Waals surface area (Å²) in [6.07, 6.45) is 0. The Labute approximate surface area is 132 Å². The Kier molecular flexibility index (Phi) is 5.96. The molecular formula is C15H24N2O4S. The molecule has 0 aromatic heterocycles. The highest BCUT2D eigenvalue weighted by Crippen LogP contribution is 2.18. The van der Waals surface area contributed by atoms with Gasteiger partial charge in [0.15, 0.2) is 9.84 Å². The molecule has 1 rings (SSSR count). The lowest BCUT2D eigenvalue weighted by Gasteiger charge is -2.20. The smallest absolute Gasteiger partial charge is 0.223 e. The fraction of sp³-hybridized carbons (Fsp3) is 0.533. The summed E-state index contributed by atoms with van der Waals surface area (Å²) in [6.45, 7) is 5.44. The van der Waals surface area contributed by atoms with E-state index in [0.717, 1.165) is 0 Å². The summed E-state index contributed by atoms with van der Waals surface area (Å²) in [5, 5.41) is 2.67. The summed E-state index contributed by atoms with van der Waals surface area (Å²) in [4.78, 5) is 12.1. The topological polar surface area (TPSA) is 98.5 Å². The average Bonchev–Trinajstić information content (AvgIpc) is 2.43. The quantitative estimate of drug-likeness (QED) is 0.777. The third-order valence-corrected chi connectivity index (χ3v) is 4.98. The zero-order chi connectivity index (χ0) is 17.0. The minimum atomic E-state index is -3.53. The molecule has 0 aliphatic rings. The lowest BCUT2D eigenvalue weighted by Crippen LogP contribution is -2.47. The predicted molar refractivity (Wildman–Crippen MR) is 85.5 cm³/mol. The van der Waals surface area contributed by atoms with Gasteiger partial charge in [0.05, 0.1) is 17.8 Å². The number of nitrogens with one attached hydrogen (secondary N) is 1. The van der Waals surface area contributed by atoms with E-state index in [4.69, 9.17) is 10.5 Å². The first-order valence-corrected chi connectivity index (χ1v) is 8.64. The van der Waals surface area contributed by atoms with Crippen molar-refractivity contribution in [2.75, 3.05) is 19.4 Å². The predicted octanol–water partition coefficient (Wildman–Crippen LogP) is 0.959. The molecule has 3 N–H and O–H groups in total. The number of hydrogen-bond acceptors (Lipinski definition) is 5. The van der Waals surface area contributed by atoms with E-state index in [1.807, 2.05) is 0 Å². The van der Waals surface area contributed by atoms with E-state index in [0.29, 0.717) is 12.3 Å². The van der Waals surface area contributed by atoms with Gasteiger partial charge in [-0.2, -0.15) is 0 Å². The second kappa shape index (κ2) is 7.11. The van der Waals surface area contributed by atoms with Crippen LogP contribution in [0.25, 0.3) is 0 Å². The molecule has 1 atom stereocenters. The fourth-order valence-corrected chi connectivity index (χ4v) is 3.33. The van der Waals surface area contributed by atoms with E-state index in [2.05, 4.69) is 5.32 Å². The Morgan fingerprint density at radius 2 is 1.86 bits per heavy atom. The van der Waals surface area contributed by atoms with Gasteiger partial charge in [-0.3, -0.25) is 4.79 Å². The van der Waals surface area contributed by atoms with Gasteiger partial charge in [-0.05, 0) is 38.1 Å². The minimum Gasteiger partial charge on any atom is -0.497 e. The highest BCUT2D eigenvalue weighted by molar-refractivity contribution is 7.91. The van der Waals surface area contributed by atoms with Crippen LogP contribution in [0.15, 0.2) is 29.2 Å². The van der Waals surface area contributed by atoms with E-state index in [9.17, 15) is 13.2 Å². The molecule has 1 unspecified atom stereocenters. The molecule has 0 aliphatic carbocycles. The maximum Gasteiger partial charge on any atom is 0.223 e. The maximum atomic E-state index is 12.3. The van der Waals surface area contributed by atoms with Crippen LogP contribution >= 0.6 is 0 Å². The van der Waals surface area contributed by atoms with Crippen LogP contribution in [0.5, 0.6) is 5.75 Å². The molecule has 0 saturated carbocycles. The van der Waals surface area contributed by atoms with Crippen molar-refractivity contribution in [2.24, 2.45) is 11.7 Å². The van der Waals surface area contributed by atoms with Crippen LogP contribution in [0.2, 0.25) is 0 Å². The molecule has 0 heterocycles. The first-order chi connectivity index (χ1) is 10.0. The number of methoxy groups -OCH3 is 1. The summed E-state index contributed by atoms with van der Waals surface area (Å²) in [6, 6.07) is 6.10. The molecule has 0 fully saturated rings. The van der Waals surface area contributed by atoms with Gasteiger partial charge < -0.3 is 15.8 Å². The lowest BCUT2D eigenvalue weighted by molar-refractivity contribution is -0.124. The summed E-state index contributed by atoms with van der Waals surface area (Å²) < 4.78 is 29.6. The van der Waals surface area contributed by atoms with Crippen LogP contribution in [0.1, 0.15) is 20.8 Å². The van der Waals surface area contributed by atoms with Gasteiger partial charge in [0.2, 0.25) is 5.91 Å². The van der Waals surface area contributed by atoms with Gasteiger partial charge in [-0.15, -0.1) is 0 Å². The van der Waals surface area contributed by atoms with Crippen molar-refractivity contribution < 1.29 is 17.9 Å². The fourth-order valence-electron chi connectivity index (χ4n) is 1.77. The van der Waals surface area contributed by atoms with Gasteiger partial charge in [0, 0.05) is 18.0 Å². The molecule has 0 bridgehead atoms. The van der Waals surface area contributed by atoms with Crippen LogP contribution in [0, 0.1) is 5.92 Å². The van der Waals surface area contributed by atoms with E-state index < -0.39 is 21.3 Å². The van der Waals surface area contributed by atoms with Crippen molar-refractivity contribution in [2.45, 2.75) is 31.2 Å². The Morgan fingerprint density at radius 1 is 1.32 bits per heavy atom. The molecule has 124 valence electrons. The van der Waals surface area contributed by atoms with Crippen LogP contribution in [0.4, 0.5) is 0 Å². The summed E-state index contributed by atoms with van der Waals surface area (Å²) >= 11 is 0. The van der Waals surface area contributed by atoms with Gasteiger partial charge in [0.25, 0.3) is 0 Å². The summed E-state index contributed by atoms with van der Waals surface area (Å²) in [7, 11) is -2.02. The zero-order valence-electron chi connectivity index (χ0n) is 13.4. The van der Waals surface area contributed by atoms with Crippen molar-refractivity contribution in [3.8, 4) is 5.75 Å². The highest BCUT2D eigenvalue weighted by Gasteiger charge is 2.24. The molecular weight excluding hydrogens is 304 g/mol. The maximum absolute atomic E-state index is 12.3. The Balaban J connectivity index is 2.72. The number of amides is 1. The Bertz CT molecular complexity index is 603. The zero-order valence-corrected chi connectivity index (χ0v) is 14.2. The molecule has 6 nitrogen and oxygen atoms in total. The number of ether oxygens (including phenoxy) is 1. The van der Waals surface area contributed by atoms with Crippen LogP contribution in [0.3, 0.4) is 0 Å². The molecule has 0 radical (unpaired) electrons. The number of nitrogens with two attached hydrogens (primary N) is 1. The molecule has 1 aromatic carbocycles. The molecule has 0 spiro atoms. The first kappa shape index (κ1) is 18.4. The number of benzene rings is 1. The van der Waals surface area contributed by atoms with E-state index in [-0.39, 0.29) is 16.6 Å². The van der Waals surface area contributed by atoms with Crippen molar-refractivity contribution in [1.29, 1.82) is 0 Å².